The van der Waals surface area contributed by atoms with Crippen molar-refractivity contribution in [3.05, 3.63) is 11.1 Å². The van der Waals surface area contributed by atoms with Crippen molar-refractivity contribution in [3.8, 4) is 6.07 Å². The summed E-state index contributed by atoms with van der Waals surface area (Å²) in [6.07, 6.45) is 0.940. The van der Waals surface area contributed by atoms with E-state index in [0.29, 0.717) is 32.5 Å². The normalized spacial score (nSPS) is 10.1. The zero-order chi connectivity index (χ0) is 14.1. The molecule has 0 amide bonds. The maximum absolute atomic E-state index is 10.5. The average Bonchev–Trinajstić information content (AvgIpc) is 2.85. The van der Waals surface area contributed by atoms with Crippen LogP contribution in [-0.2, 0) is 16.0 Å². The Morgan fingerprint density at radius 2 is 2.42 bits per heavy atom. The van der Waals surface area contributed by atoms with E-state index in [-0.39, 0.29) is 6.42 Å². The van der Waals surface area contributed by atoms with Crippen molar-refractivity contribution < 1.29 is 14.6 Å². The maximum atomic E-state index is 10.5. The first kappa shape index (κ1) is 15.4. The number of carbonyl (C=O) groups is 1. The Labute approximate surface area is 116 Å². The van der Waals surface area contributed by atoms with E-state index in [9.17, 15) is 4.79 Å². The van der Waals surface area contributed by atoms with E-state index in [4.69, 9.17) is 15.1 Å². The molecule has 1 aromatic rings. The van der Waals surface area contributed by atoms with Gasteiger partial charge in [0, 0.05) is 32.0 Å². The van der Waals surface area contributed by atoms with Gasteiger partial charge in [0.2, 0.25) is 0 Å². The highest BCUT2D eigenvalue weighted by molar-refractivity contribution is 7.13. The first-order valence-electron chi connectivity index (χ1n) is 5.94. The molecular weight excluding hydrogens is 266 g/mol. The highest BCUT2D eigenvalue weighted by Crippen LogP contribution is 2.21. The van der Waals surface area contributed by atoms with Crippen LogP contribution in [0.1, 0.15) is 18.5 Å². The fraction of sp³-hybridized carbons (Fsp3) is 0.583. The standard InChI is InChI=1S/C12H17N3O3S/c1-18-8-7-15(6-2-5-13)12-14-10(9-19-12)3-4-11(16)17/h9H,2-4,6-8H2,1H3,(H,16,17). The number of aliphatic carboxylic acids is 1. The molecule has 1 N–H and O–H groups in total. The fourth-order valence-corrected chi connectivity index (χ4v) is 2.39. The largest absolute Gasteiger partial charge is 0.481 e. The quantitative estimate of drug-likeness (QED) is 0.739. The van der Waals surface area contributed by atoms with Gasteiger partial charge in [-0.05, 0) is 0 Å². The van der Waals surface area contributed by atoms with Crippen molar-refractivity contribution in [2.45, 2.75) is 19.3 Å². The Kier molecular flexibility index (Phi) is 6.85. The van der Waals surface area contributed by atoms with Crippen LogP contribution >= 0.6 is 11.3 Å². The average molecular weight is 283 g/mol. The number of nitriles is 1. The van der Waals surface area contributed by atoms with E-state index in [1.807, 2.05) is 10.3 Å². The highest BCUT2D eigenvalue weighted by atomic mass is 32.1. The predicted octanol–water partition coefficient (Wildman–Crippen LogP) is 1.53. The Morgan fingerprint density at radius 1 is 1.63 bits per heavy atom. The Balaban J connectivity index is 2.62. The predicted molar refractivity (Wildman–Crippen MR) is 72.4 cm³/mol. The molecule has 0 radical (unpaired) electrons. The lowest BCUT2D eigenvalue weighted by molar-refractivity contribution is -0.136. The molecule has 1 heterocycles. The minimum atomic E-state index is -0.824. The number of carboxylic acid groups (broad SMARTS) is 1. The minimum Gasteiger partial charge on any atom is -0.481 e. The number of hydrogen-bond acceptors (Lipinski definition) is 6. The molecule has 19 heavy (non-hydrogen) atoms. The molecule has 0 aliphatic carbocycles. The summed E-state index contributed by atoms with van der Waals surface area (Å²) < 4.78 is 5.03. The van der Waals surface area contributed by atoms with Crippen molar-refractivity contribution in [2.75, 3.05) is 31.7 Å². The number of rotatable bonds is 9. The Hall–Kier alpha value is -1.65. The van der Waals surface area contributed by atoms with E-state index in [2.05, 4.69) is 11.1 Å². The third kappa shape index (κ3) is 5.68. The van der Waals surface area contributed by atoms with Crippen molar-refractivity contribution in [1.29, 1.82) is 5.26 Å². The van der Waals surface area contributed by atoms with E-state index in [1.54, 1.807) is 7.11 Å². The topological polar surface area (TPSA) is 86.5 Å². The molecule has 0 spiro atoms. The van der Waals surface area contributed by atoms with Crippen LogP contribution in [0.3, 0.4) is 0 Å². The van der Waals surface area contributed by atoms with E-state index >= 15 is 0 Å². The van der Waals surface area contributed by atoms with Crippen LogP contribution in [0.25, 0.3) is 0 Å². The summed E-state index contributed by atoms with van der Waals surface area (Å²) in [6, 6.07) is 2.11. The summed E-state index contributed by atoms with van der Waals surface area (Å²) >= 11 is 1.47. The lowest BCUT2D eigenvalue weighted by atomic mass is 10.2. The maximum Gasteiger partial charge on any atom is 0.303 e. The molecule has 7 heteroatoms. The Bertz CT molecular complexity index is 442. The zero-order valence-corrected chi connectivity index (χ0v) is 11.7. The monoisotopic (exact) mass is 283 g/mol. The van der Waals surface area contributed by atoms with Crippen LogP contribution in [0.15, 0.2) is 5.38 Å². The summed E-state index contributed by atoms with van der Waals surface area (Å²) in [6.45, 7) is 1.84. The highest BCUT2D eigenvalue weighted by Gasteiger charge is 2.11. The molecule has 104 valence electrons. The second kappa shape index (κ2) is 8.45. The number of hydrogen-bond donors (Lipinski definition) is 1. The third-order valence-electron chi connectivity index (χ3n) is 2.46. The number of carboxylic acids is 1. The zero-order valence-electron chi connectivity index (χ0n) is 10.8. The van der Waals surface area contributed by atoms with Gasteiger partial charge in [-0.15, -0.1) is 11.3 Å². The number of methoxy groups -OCH3 is 1. The van der Waals surface area contributed by atoms with Crippen molar-refractivity contribution in [1.82, 2.24) is 4.98 Å². The second-order valence-electron chi connectivity index (χ2n) is 3.90. The fourth-order valence-electron chi connectivity index (χ4n) is 1.48. The number of aromatic nitrogens is 1. The van der Waals surface area contributed by atoms with Gasteiger partial charge < -0.3 is 14.7 Å². The molecule has 0 aliphatic rings. The van der Waals surface area contributed by atoms with Crippen LogP contribution < -0.4 is 4.90 Å². The molecule has 0 saturated heterocycles. The molecule has 0 unspecified atom stereocenters. The molecule has 0 aromatic carbocycles. The van der Waals surface area contributed by atoms with Gasteiger partial charge in [-0.3, -0.25) is 4.79 Å². The first-order chi connectivity index (χ1) is 9.17. The molecule has 0 aliphatic heterocycles. The smallest absolute Gasteiger partial charge is 0.303 e. The van der Waals surface area contributed by atoms with Crippen LogP contribution in [0.5, 0.6) is 0 Å². The van der Waals surface area contributed by atoms with Gasteiger partial charge in [-0.2, -0.15) is 5.26 Å². The number of anilines is 1. The lowest BCUT2D eigenvalue weighted by Gasteiger charge is -2.19. The molecule has 0 fully saturated rings. The molecule has 0 atom stereocenters. The van der Waals surface area contributed by atoms with Gasteiger partial charge in [0.15, 0.2) is 5.13 Å². The first-order valence-corrected chi connectivity index (χ1v) is 6.82. The van der Waals surface area contributed by atoms with Gasteiger partial charge in [-0.25, -0.2) is 4.98 Å². The van der Waals surface area contributed by atoms with Gasteiger partial charge in [0.1, 0.15) is 0 Å². The molecule has 6 nitrogen and oxygen atoms in total. The number of nitrogens with zero attached hydrogens (tertiary/aromatic N) is 3. The number of thiazole rings is 1. The van der Waals surface area contributed by atoms with E-state index < -0.39 is 5.97 Å². The van der Waals surface area contributed by atoms with Crippen LogP contribution in [-0.4, -0.2) is 42.9 Å². The van der Waals surface area contributed by atoms with Gasteiger partial charge in [-0.1, -0.05) is 0 Å². The lowest BCUT2D eigenvalue weighted by Crippen LogP contribution is -2.28. The van der Waals surface area contributed by atoms with Crippen molar-refractivity contribution >= 4 is 22.4 Å². The number of ether oxygens (including phenoxy) is 1. The molecule has 1 rings (SSSR count). The van der Waals surface area contributed by atoms with Crippen molar-refractivity contribution in [2.24, 2.45) is 0 Å². The number of aryl methyl sites for hydroxylation is 1. The van der Waals surface area contributed by atoms with E-state index in [1.165, 1.54) is 11.3 Å². The summed E-state index contributed by atoms with van der Waals surface area (Å²) in [5.74, 6) is -0.824. The SMILES string of the molecule is COCCN(CCC#N)c1nc(CCC(=O)O)cs1. The Morgan fingerprint density at radius 3 is 3.05 bits per heavy atom. The van der Waals surface area contributed by atoms with Gasteiger partial charge in [0.05, 0.1) is 31.2 Å². The van der Waals surface area contributed by atoms with E-state index in [0.717, 1.165) is 10.8 Å². The summed E-state index contributed by atoms with van der Waals surface area (Å²) in [5.41, 5.74) is 0.779. The minimum absolute atomic E-state index is 0.0828. The van der Waals surface area contributed by atoms with Crippen LogP contribution in [0.4, 0.5) is 5.13 Å². The molecule has 0 saturated carbocycles. The van der Waals surface area contributed by atoms with Crippen molar-refractivity contribution in [3.63, 3.8) is 0 Å². The molecular formula is C12H17N3O3S. The molecule has 1 aromatic heterocycles. The van der Waals surface area contributed by atoms with Crippen LogP contribution in [0, 0.1) is 11.3 Å². The second-order valence-corrected chi connectivity index (χ2v) is 4.74. The van der Waals surface area contributed by atoms with Crippen LogP contribution in [0.2, 0.25) is 0 Å². The summed E-state index contributed by atoms with van der Waals surface area (Å²) in [7, 11) is 1.63. The summed E-state index contributed by atoms with van der Waals surface area (Å²) in [4.78, 5) is 16.9. The summed E-state index contributed by atoms with van der Waals surface area (Å²) in [5, 5.41) is 20.0. The molecule has 0 bridgehead atoms. The van der Waals surface area contributed by atoms with Gasteiger partial charge in [0.25, 0.3) is 0 Å². The van der Waals surface area contributed by atoms with Gasteiger partial charge >= 0.3 is 5.97 Å². The third-order valence-corrected chi connectivity index (χ3v) is 3.41.